The molecule has 7 heteroatoms. The van der Waals surface area contributed by atoms with Crippen molar-refractivity contribution in [3.63, 3.8) is 0 Å². The number of aromatic nitrogens is 2. The number of ether oxygens (including phenoxy) is 1. The zero-order valence-electron chi connectivity index (χ0n) is 14.6. The van der Waals surface area contributed by atoms with Crippen LogP contribution in [0.25, 0.3) is 11.0 Å². The molecule has 0 spiro atoms. The number of halogens is 2. The van der Waals surface area contributed by atoms with Crippen LogP contribution < -0.4 is 0 Å². The van der Waals surface area contributed by atoms with Gasteiger partial charge in [0, 0.05) is 17.6 Å². The average Bonchev–Trinajstić information content (AvgIpc) is 2.95. The van der Waals surface area contributed by atoms with Crippen LogP contribution in [0, 0.1) is 5.82 Å². The van der Waals surface area contributed by atoms with Gasteiger partial charge in [0.05, 0.1) is 30.7 Å². The molecule has 0 bridgehead atoms. The normalized spacial score (nSPS) is 10.9. The maximum atomic E-state index is 14.3. The second kappa shape index (κ2) is 7.74. The Kier molecular flexibility index (Phi) is 5.42. The van der Waals surface area contributed by atoms with Crippen molar-refractivity contribution in [2.75, 3.05) is 13.7 Å². The minimum Gasteiger partial charge on any atom is -0.450 e. The molecule has 0 aliphatic carbocycles. The maximum absolute atomic E-state index is 14.3. The SMILES string of the molecule is CCOC(=O)N(C)Cc1nc2ccccc2n1Cc1c(F)cccc1Cl. The number of benzene rings is 2. The Labute approximate surface area is 156 Å². The van der Waals surface area contributed by atoms with Gasteiger partial charge in [-0.05, 0) is 31.2 Å². The molecule has 0 saturated heterocycles. The van der Waals surface area contributed by atoms with Crippen molar-refractivity contribution >= 4 is 28.7 Å². The van der Waals surface area contributed by atoms with E-state index in [-0.39, 0.29) is 18.9 Å². The topological polar surface area (TPSA) is 47.4 Å². The van der Waals surface area contributed by atoms with E-state index in [1.165, 1.54) is 11.0 Å². The molecule has 0 unspecified atom stereocenters. The predicted octanol–water partition coefficient (Wildman–Crippen LogP) is 4.47. The lowest BCUT2D eigenvalue weighted by molar-refractivity contribution is 0.113. The zero-order chi connectivity index (χ0) is 18.7. The highest BCUT2D eigenvalue weighted by Gasteiger charge is 2.18. The lowest BCUT2D eigenvalue weighted by atomic mass is 10.2. The van der Waals surface area contributed by atoms with Crippen molar-refractivity contribution in [3.05, 3.63) is 64.7 Å². The summed E-state index contributed by atoms with van der Waals surface area (Å²) >= 11 is 6.19. The first kappa shape index (κ1) is 18.2. The van der Waals surface area contributed by atoms with E-state index in [0.717, 1.165) is 11.0 Å². The number of para-hydroxylation sites is 2. The first-order valence-electron chi connectivity index (χ1n) is 8.26. The lowest BCUT2D eigenvalue weighted by Crippen LogP contribution is -2.28. The van der Waals surface area contributed by atoms with Gasteiger partial charge in [0.25, 0.3) is 0 Å². The molecule has 3 rings (SSSR count). The van der Waals surface area contributed by atoms with Crippen LogP contribution in [-0.2, 0) is 17.8 Å². The Balaban J connectivity index is 2.01. The largest absolute Gasteiger partial charge is 0.450 e. The Hall–Kier alpha value is -2.60. The molecule has 2 aromatic carbocycles. The standard InChI is InChI=1S/C19H19ClFN3O2/c1-3-26-19(25)23(2)12-18-22-16-9-4-5-10-17(16)24(18)11-13-14(20)7-6-8-15(13)21/h4-10H,3,11-12H2,1-2H3. The summed E-state index contributed by atoms with van der Waals surface area (Å²) in [5, 5.41) is 0.354. The molecule has 1 heterocycles. The molecule has 0 fully saturated rings. The van der Waals surface area contributed by atoms with E-state index in [1.54, 1.807) is 26.1 Å². The van der Waals surface area contributed by atoms with Crippen molar-refractivity contribution in [1.29, 1.82) is 0 Å². The van der Waals surface area contributed by atoms with Gasteiger partial charge < -0.3 is 14.2 Å². The number of hydrogen-bond acceptors (Lipinski definition) is 3. The van der Waals surface area contributed by atoms with Crippen LogP contribution in [0.5, 0.6) is 0 Å². The van der Waals surface area contributed by atoms with Crippen LogP contribution in [0.1, 0.15) is 18.3 Å². The van der Waals surface area contributed by atoms with Gasteiger partial charge in [-0.25, -0.2) is 14.2 Å². The summed E-state index contributed by atoms with van der Waals surface area (Å²) in [6.07, 6.45) is -0.435. The molecule has 26 heavy (non-hydrogen) atoms. The number of carbonyl (C=O) groups is 1. The van der Waals surface area contributed by atoms with Crippen molar-refractivity contribution in [1.82, 2.24) is 14.5 Å². The Morgan fingerprint density at radius 2 is 2.04 bits per heavy atom. The number of carbonyl (C=O) groups excluding carboxylic acids is 1. The number of fused-ring (bicyclic) bond motifs is 1. The quantitative estimate of drug-likeness (QED) is 0.661. The van der Waals surface area contributed by atoms with E-state index in [4.69, 9.17) is 16.3 Å². The summed E-state index contributed by atoms with van der Waals surface area (Å²) in [7, 11) is 1.64. The van der Waals surface area contributed by atoms with E-state index in [9.17, 15) is 9.18 Å². The minimum absolute atomic E-state index is 0.220. The third kappa shape index (κ3) is 3.65. The highest BCUT2D eigenvalue weighted by atomic mass is 35.5. The van der Waals surface area contributed by atoms with E-state index < -0.39 is 6.09 Å². The molecule has 5 nitrogen and oxygen atoms in total. The molecule has 0 atom stereocenters. The molecular weight excluding hydrogens is 357 g/mol. The van der Waals surface area contributed by atoms with Gasteiger partial charge >= 0.3 is 6.09 Å². The lowest BCUT2D eigenvalue weighted by Gasteiger charge is -2.17. The molecule has 3 aromatic rings. The van der Waals surface area contributed by atoms with Crippen LogP contribution >= 0.6 is 11.6 Å². The number of nitrogens with zero attached hydrogens (tertiary/aromatic N) is 3. The van der Waals surface area contributed by atoms with E-state index in [0.29, 0.717) is 23.0 Å². The average molecular weight is 376 g/mol. The Bertz CT molecular complexity index is 921. The second-order valence-corrected chi connectivity index (χ2v) is 6.27. The van der Waals surface area contributed by atoms with Crippen molar-refractivity contribution in [2.45, 2.75) is 20.0 Å². The smallest absolute Gasteiger partial charge is 0.409 e. The third-order valence-corrected chi connectivity index (χ3v) is 4.42. The van der Waals surface area contributed by atoms with Crippen LogP contribution in [0.15, 0.2) is 42.5 Å². The Morgan fingerprint density at radius 1 is 1.27 bits per heavy atom. The van der Waals surface area contributed by atoms with E-state index in [2.05, 4.69) is 4.98 Å². The fourth-order valence-electron chi connectivity index (χ4n) is 2.77. The van der Waals surface area contributed by atoms with Gasteiger partial charge in [-0.1, -0.05) is 29.8 Å². The first-order chi connectivity index (χ1) is 12.5. The second-order valence-electron chi connectivity index (χ2n) is 5.86. The maximum Gasteiger partial charge on any atom is 0.409 e. The van der Waals surface area contributed by atoms with Gasteiger partial charge in [-0.2, -0.15) is 0 Å². The monoisotopic (exact) mass is 375 g/mol. The van der Waals surface area contributed by atoms with Crippen LogP contribution in [0.2, 0.25) is 5.02 Å². The molecule has 0 saturated carbocycles. The van der Waals surface area contributed by atoms with Crippen molar-refractivity contribution in [3.8, 4) is 0 Å². The summed E-state index contributed by atoms with van der Waals surface area (Å²) in [4.78, 5) is 18.0. The third-order valence-electron chi connectivity index (χ3n) is 4.07. The molecule has 0 aliphatic heterocycles. The van der Waals surface area contributed by atoms with E-state index >= 15 is 0 Å². The first-order valence-corrected chi connectivity index (χ1v) is 8.64. The fourth-order valence-corrected chi connectivity index (χ4v) is 3.00. The van der Waals surface area contributed by atoms with Gasteiger partial charge in [0.2, 0.25) is 0 Å². The Morgan fingerprint density at radius 3 is 2.77 bits per heavy atom. The fraction of sp³-hybridized carbons (Fsp3) is 0.263. The zero-order valence-corrected chi connectivity index (χ0v) is 15.3. The van der Waals surface area contributed by atoms with Crippen LogP contribution in [0.4, 0.5) is 9.18 Å². The van der Waals surface area contributed by atoms with Crippen LogP contribution in [-0.4, -0.2) is 34.2 Å². The number of amides is 1. The number of hydrogen-bond donors (Lipinski definition) is 0. The van der Waals surface area contributed by atoms with Crippen molar-refractivity contribution < 1.29 is 13.9 Å². The summed E-state index contributed by atoms with van der Waals surface area (Å²) in [5.74, 6) is 0.251. The minimum atomic E-state index is -0.435. The summed E-state index contributed by atoms with van der Waals surface area (Å²) < 4.78 is 21.1. The molecule has 1 amide bonds. The number of imidazole rings is 1. The summed E-state index contributed by atoms with van der Waals surface area (Å²) in [5.41, 5.74) is 2.00. The molecule has 1 aromatic heterocycles. The molecule has 136 valence electrons. The highest BCUT2D eigenvalue weighted by molar-refractivity contribution is 6.31. The molecule has 0 N–H and O–H groups in total. The van der Waals surface area contributed by atoms with Gasteiger partial charge in [0.15, 0.2) is 0 Å². The molecule has 0 radical (unpaired) electrons. The highest BCUT2D eigenvalue weighted by Crippen LogP contribution is 2.24. The number of rotatable bonds is 5. The van der Waals surface area contributed by atoms with Gasteiger partial charge in [-0.3, -0.25) is 0 Å². The van der Waals surface area contributed by atoms with Crippen molar-refractivity contribution in [2.24, 2.45) is 0 Å². The van der Waals surface area contributed by atoms with Gasteiger partial charge in [-0.15, -0.1) is 0 Å². The summed E-state index contributed by atoms with van der Waals surface area (Å²) in [6, 6.07) is 12.2. The predicted molar refractivity (Wildman–Crippen MR) is 98.7 cm³/mol. The van der Waals surface area contributed by atoms with E-state index in [1.807, 2.05) is 28.8 Å². The van der Waals surface area contributed by atoms with Gasteiger partial charge in [0.1, 0.15) is 11.6 Å². The molecule has 0 aliphatic rings. The molecular formula is C19H19ClFN3O2. The van der Waals surface area contributed by atoms with Crippen LogP contribution in [0.3, 0.4) is 0 Å². The summed E-state index contributed by atoms with van der Waals surface area (Å²) in [6.45, 7) is 2.50.